The largest absolute Gasteiger partial charge is 0.480 e. The second-order valence-corrected chi connectivity index (χ2v) is 5.03. The van der Waals surface area contributed by atoms with Crippen molar-refractivity contribution in [3.63, 3.8) is 0 Å². The quantitative estimate of drug-likeness (QED) is 0.906. The number of rotatable bonds is 2. The van der Waals surface area contributed by atoms with Gasteiger partial charge in [0.1, 0.15) is 5.75 Å². The molecule has 0 fully saturated rings. The number of carboxylic acids is 1. The van der Waals surface area contributed by atoms with Gasteiger partial charge in [0.05, 0.1) is 0 Å². The molecule has 1 aromatic heterocycles. The third-order valence-electron chi connectivity index (χ3n) is 2.69. The van der Waals surface area contributed by atoms with Crippen LogP contribution < -0.4 is 4.74 Å². The number of fused-ring (bicyclic) bond motifs is 1. The zero-order chi connectivity index (χ0) is 13.2. The Balaban J connectivity index is 1.89. The average molecular weight is 274 g/mol. The minimum atomic E-state index is -1.06. The van der Waals surface area contributed by atoms with Crippen LogP contribution in [0.5, 0.6) is 5.75 Å². The number of hydrogen-bond acceptors (Lipinski definition) is 5. The maximum absolute atomic E-state index is 10.9. The Labute approximate surface area is 113 Å². The summed E-state index contributed by atoms with van der Waals surface area (Å²) in [5.41, 5.74) is -0.0162. The molecule has 5 nitrogen and oxygen atoms in total. The SMILES string of the molecule is O=C(O)c1ccnc(C2CSc3ccccc3O2)n1. The molecule has 0 radical (unpaired) electrons. The third-order valence-corrected chi connectivity index (χ3v) is 3.81. The van der Waals surface area contributed by atoms with Gasteiger partial charge in [-0.15, -0.1) is 11.8 Å². The molecular formula is C13H10N2O3S. The van der Waals surface area contributed by atoms with Gasteiger partial charge in [-0.2, -0.15) is 0 Å². The Morgan fingerprint density at radius 2 is 2.21 bits per heavy atom. The molecule has 0 spiro atoms. The van der Waals surface area contributed by atoms with Crippen LogP contribution in [0.15, 0.2) is 41.4 Å². The Morgan fingerprint density at radius 3 is 3.05 bits per heavy atom. The monoisotopic (exact) mass is 274 g/mol. The lowest BCUT2D eigenvalue weighted by atomic mass is 10.3. The molecule has 0 saturated heterocycles. The molecular weight excluding hydrogens is 264 g/mol. The highest BCUT2D eigenvalue weighted by atomic mass is 32.2. The second-order valence-electron chi connectivity index (χ2n) is 3.97. The Hall–Kier alpha value is -2.08. The number of ether oxygens (including phenoxy) is 1. The van der Waals surface area contributed by atoms with Crippen molar-refractivity contribution < 1.29 is 14.6 Å². The first-order chi connectivity index (χ1) is 9.24. The van der Waals surface area contributed by atoms with Gasteiger partial charge in [0.25, 0.3) is 0 Å². The van der Waals surface area contributed by atoms with Crippen molar-refractivity contribution >= 4 is 17.7 Å². The van der Waals surface area contributed by atoms with Crippen LogP contribution in [0, 0.1) is 0 Å². The molecule has 0 amide bonds. The van der Waals surface area contributed by atoms with Gasteiger partial charge in [-0.1, -0.05) is 12.1 Å². The molecule has 0 saturated carbocycles. The van der Waals surface area contributed by atoms with Gasteiger partial charge in [-0.25, -0.2) is 14.8 Å². The summed E-state index contributed by atoms with van der Waals surface area (Å²) < 4.78 is 5.81. The lowest BCUT2D eigenvalue weighted by Crippen LogP contribution is -2.18. The molecule has 1 unspecified atom stereocenters. The number of carbonyl (C=O) groups is 1. The van der Waals surface area contributed by atoms with E-state index in [1.165, 1.54) is 12.3 Å². The molecule has 3 rings (SSSR count). The predicted octanol–water partition coefficient (Wildman–Crippen LogP) is 2.40. The van der Waals surface area contributed by atoms with E-state index in [4.69, 9.17) is 9.84 Å². The van der Waals surface area contributed by atoms with Crippen LogP contribution in [0.2, 0.25) is 0 Å². The highest BCUT2D eigenvalue weighted by Gasteiger charge is 2.24. The second kappa shape index (κ2) is 4.89. The van der Waals surface area contributed by atoms with Crippen molar-refractivity contribution in [2.75, 3.05) is 5.75 Å². The van der Waals surface area contributed by atoms with Gasteiger partial charge in [0.15, 0.2) is 17.6 Å². The molecule has 2 heterocycles. The number of thioether (sulfide) groups is 1. The number of carboxylic acid groups (broad SMARTS) is 1. The highest BCUT2D eigenvalue weighted by molar-refractivity contribution is 7.99. The van der Waals surface area contributed by atoms with E-state index in [1.807, 2.05) is 24.3 Å². The fraction of sp³-hybridized carbons (Fsp3) is 0.154. The van der Waals surface area contributed by atoms with Crippen molar-refractivity contribution in [3.05, 3.63) is 48.0 Å². The molecule has 1 aliphatic heterocycles. The Bertz CT molecular complexity index is 633. The first kappa shape index (κ1) is 12.0. The molecule has 0 bridgehead atoms. The Morgan fingerprint density at radius 1 is 1.37 bits per heavy atom. The number of hydrogen-bond donors (Lipinski definition) is 1. The normalized spacial score (nSPS) is 17.4. The van der Waals surface area contributed by atoms with E-state index in [2.05, 4.69) is 9.97 Å². The summed E-state index contributed by atoms with van der Waals surface area (Å²) in [5.74, 6) is 0.794. The number of aromatic carboxylic acids is 1. The molecule has 0 aliphatic carbocycles. The van der Waals surface area contributed by atoms with E-state index in [-0.39, 0.29) is 11.8 Å². The van der Waals surface area contributed by atoms with Gasteiger partial charge < -0.3 is 9.84 Å². The number of aromatic nitrogens is 2. The molecule has 1 aliphatic rings. The van der Waals surface area contributed by atoms with Gasteiger partial charge in [0.2, 0.25) is 0 Å². The van der Waals surface area contributed by atoms with E-state index in [1.54, 1.807) is 11.8 Å². The number of benzene rings is 1. The van der Waals surface area contributed by atoms with Crippen LogP contribution in [-0.2, 0) is 0 Å². The average Bonchev–Trinajstić information content (AvgIpc) is 2.47. The summed E-state index contributed by atoms with van der Waals surface area (Å²) in [7, 11) is 0. The zero-order valence-electron chi connectivity index (χ0n) is 9.81. The lowest BCUT2D eigenvalue weighted by molar-refractivity contribution is 0.0689. The van der Waals surface area contributed by atoms with Crippen LogP contribution in [0.1, 0.15) is 22.4 Å². The molecule has 1 atom stereocenters. The maximum atomic E-state index is 10.9. The summed E-state index contributed by atoms with van der Waals surface area (Å²) in [4.78, 5) is 20.1. The van der Waals surface area contributed by atoms with Gasteiger partial charge in [0, 0.05) is 16.8 Å². The molecule has 2 aromatic rings. The van der Waals surface area contributed by atoms with Crippen molar-refractivity contribution in [1.82, 2.24) is 9.97 Å². The van der Waals surface area contributed by atoms with Crippen LogP contribution in [-0.4, -0.2) is 26.8 Å². The lowest BCUT2D eigenvalue weighted by Gasteiger charge is -2.24. The fourth-order valence-electron chi connectivity index (χ4n) is 1.79. The first-order valence-electron chi connectivity index (χ1n) is 5.69. The highest BCUT2D eigenvalue weighted by Crippen LogP contribution is 2.39. The van der Waals surface area contributed by atoms with E-state index in [9.17, 15) is 4.79 Å². The molecule has 19 heavy (non-hydrogen) atoms. The Kier molecular flexibility index (Phi) is 3.08. The number of nitrogens with zero attached hydrogens (tertiary/aromatic N) is 2. The van der Waals surface area contributed by atoms with Crippen LogP contribution in [0.3, 0.4) is 0 Å². The minimum Gasteiger partial charge on any atom is -0.480 e. The van der Waals surface area contributed by atoms with Crippen molar-refractivity contribution in [2.45, 2.75) is 11.0 Å². The smallest absolute Gasteiger partial charge is 0.354 e. The molecule has 96 valence electrons. The van der Waals surface area contributed by atoms with Crippen molar-refractivity contribution in [2.24, 2.45) is 0 Å². The van der Waals surface area contributed by atoms with Crippen molar-refractivity contribution in [1.29, 1.82) is 0 Å². The molecule has 1 N–H and O–H groups in total. The van der Waals surface area contributed by atoms with Gasteiger partial charge in [-0.05, 0) is 18.2 Å². The zero-order valence-corrected chi connectivity index (χ0v) is 10.6. The maximum Gasteiger partial charge on any atom is 0.354 e. The van der Waals surface area contributed by atoms with E-state index < -0.39 is 5.97 Å². The van der Waals surface area contributed by atoms with Crippen LogP contribution >= 0.6 is 11.8 Å². The van der Waals surface area contributed by atoms with E-state index >= 15 is 0 Å². The van der Waals surface area contributed by atoms with Gasteiger partial charge in [-0.3, -0.25) is 0 Å². The van der Waals surface area contributed by atoms with E-state index in [0.29, 0.717) is 11.6 Å². The van der Waals surface area contributed by atoms with Crippen LogP contribution in [0.25, 0.3) is 0 Å². The summed E-state index contributed by atoms with van der Waals surface area (Å²) in [6.45, 7) is 0. The molecule has 6 heteroatoms. The predicted molar refractivity (Wildman–Crippen MR) is 69.5 cm³/mol. The summed E-state index contributed by atoms with van der Waals surface area (Å²) >= 11 is 1.65. The summed E-state index contributed by atoms with van der Waals surface area (Å²) in [5, 5.41) is 8.93. The topological polar surface area (TPSA) is 72.3 Å². The van der Waals surface area contributed by atoms with Crippen LogP contribution in [0.4, 0.5) is 0 Å². The first-order valence-corrected chi connectivity index (χ1v) is 6.67. The summed E-state index contributed by atoms with van der Waals surface area (Å²) in [6, 6.07) is 9.10. The van der Waals surface area contributed by atoms with Gasteiger partial charge >= 0.3 is 5.97 Å². The molecule has 1 aromatic carbocycles. The third kappa shape index (κ3) is 2.39. The number of para-hydroxylation sites is 1. The minimum absolute atomic E-state index is 0.0162. The van der Waals surface area contributed by atoms with E-state index in [0.717, 1.165) is 10.6 Å². The fourth-order valence-corrected chi connectivity index (χ4v) is 2.78. The van der Waals surface area contributed by atoms with Crippen molar-refractivity contribution in [3.8, 4) is 5.75 Å². The summed E-state index contributed by atoms with van der Waals surface area (Å²) in [6.07, 6.45) is 1.12. The standard InChI is InChI=1S/C13H10N2O3S/c16-13(17)8-5-6-14-12(15-8)10-7-19-11-4-2-1-3-9(11)18-10/h1-6,10H,7H2,(H,16,17).